The predicted molar refractivity (Wildman–Crippen MR) is 123 cm³/mol. The van der Waals surface area contributed by atoms with Crippen LogP contribution >= 0.6 is 11.6 Å². The minimum absolute atomic E-state index is 0.0637. The van der Waals surface area contributed by atoms with Gasteiger partial charge in [-0.15, -0.1) is 0 Å². The summed E-state index contributed by atoms with van der Waals surface area (Å²) in [4.78, 5) is 48.9. The highest BCUT2D eigenvalue weighted by molar-refractivity contribution is 6.47. The molecule has 0 saturated carbocycles. The van der Waals surface area contributed by atoms with Crippen LogP contribution in [0.2, 0.25) is 5.02 Å². The number of benzene rings is 3. The Balaban J connectivity index is 1.68. The van der Waals surface area contributed by atoms with Crippen LogP contribution in [-0.2, 0) is 16.1 Å². The fourth-order valence-corrected chi connectivity index (χ4v) is 3.15. The number of carbonyl (C=O) groups is 4. The second-order valence-electron chi connectivity index (χ2n) is 6.86. The van der Waals surface area contributed by atoms with Gasteiger partial charge in [-0.25, -0.2) is 0 Å². The van der Waals surface area contributed by atoms with Crippen LogP contribution in [0.1, 0.15) is 33.2 Å². The lowest BCUT2D eigenvalue weighted by Crippen LogP contribution is -2.25. The maximum atomic E-state index is 12.6. The standard InChI is InChI=1S/C24H20ClN3O4/c1-15(29)27-21-12-5-3-10-19(21)22(30)24(32)28-18-9-6-8-16(13-18)23(31)26-14-17-7-2-4-11-20(17)25/h2-13H,14H2,1H3,(H,26,31)(H,27,29)(H,28,32). The van der Waals surface area contributed by atoms with E-state index in [1.54, 1.807) is 42.5 Å². The van der Waals surface area contributed by atoms with Gasteiger partial charge in [0.2, 0.25) is 5.91 Å². The molecule has 0 fully saturated rings. The van der Waals surface area contributed by atoms with Gasteiger partial charge in [0.1, 0.15) is 0 Å². The van der Waals surface area contributed by atoms with Gasteiger partial charge in [-0.05, 0) is 42.0 Å². The first-order chi connectivity index (χ1) is 15.3. The van der Waals surface area contributed by atoms with Crippen LogP contribution in [0.4, 0.5) is 11.4 Å². The van der Waals surface area contributed by atoms with Crippen molar-refractivity contribution < 1.29 is 19.2 Å². The number of nitrogens with one attached hydrogen (secondary N) is 3. The topological polar surface area (TPSA) is 104 Å². The van der Waals surface area contributed by atoms with E-state index in [1.807, 2.05) is 12.1 Å². The molecule has 3 aromatic rings. The van der Waals surface area contributed by atoms with Crippen molar-refractivity contribution >= 4 is 46.5 Å². The molecule has 0 aliphatic rings. The van der Waals surface area contributed by atoms with Crippen molar-refractivity contribution in [2.45, 2.75) is 13.5 Å². The molecular weight excluding hydrogens is 430 g/mol. The molecule has 7 nitrogen and oxygen atoms in total. The Morgan fingerprint density at radius 2 is 1.56 bits per heavy atom. The number of hydrogen-bond acceptors (Lipinski definition) is 4. The minimum Gasteiger partial charge on any atom is -0.348 e. The van der Waals surface area contributed by atoms with E-state index in [4.69, 9.17) is 11.6 Å². The largest absolute Gasteiger partial charge is 0.348 e. The van der Waals surface area contributed by atoms with Crippen molar-refractivity contribution in [2.75, 3.05) is 10.6 Å². The van der Waals surface area contributed by atoms with Crippen LogP contribution in [0.3, 0.4) is 0 Å². The number of Topliss-reactive ketones (excluding diaryl/α,β-unsaturated/α-hetero) is 1. The first-order valence-electron chi connectivity index (χ1n) is 9.69. The van der Waals surface area contributed by atoms with Gasteiger partial charge in [-0.1, -0.05) is 48.0 Å². The van der Waals surface area contributed by atoms with Gasteiger partial charge in [-0.3, -0.25) is 19.2 Å². The highest BCUT2D eigenvalue weighted by atomic mass is 35.5. The van der Waals surface area contributed by atoms with Gasteiger partial charge in [-0.2, -0.15) is 0 Å². The number of amides is 3. The minimum atomic E-state index is -0.892. The summed E-state index contributed by atoms with van der Waals surface area (Å²) < 4.78 is 0. The summed E-state index contributed by atoms with van der Waals surface area (Å²) in [5, 5.41) is 8.34. The molecule has 0 saturated heterocycles. The maximum absolute atomic E-state index is 12.6. The number of ketones is 1. The zero-order valence-corrected chi connectivity index (χ0v) is 17.9. The summed E-state index contributed by atoms with van der Waals surface area (Å²) in [5.41, 5.74) is 1.67. The average molecular weight is 450 g/mol. The smallest absolute Gasteiger partial charge is 0.296 e. The monoisotopic (exact) mass is 449 g/mol. The molecule has 3 aromatic carbocycles. The van der Waals surface area contributed by atoms with Crippen molar-refractivity contribution in [3.05, 3.63) is 94.5 Å². The van der Waals surface area contributed by atoms with Gasteiger partial charge in [0.25, 0.3) is 17.6 Å². The van der Waals surface area contributed by atoms with Gasteiger partial charge in [0.15, 0.2) is 0 Å². The highest BCUT2D eigenvalue weighted by Gasteiger charge is 2.20. The first-order valence-corrected chi connectivity index (χ1v) is 10.1. The second-order valence-corrected chi connectivity index (χ2v) is 7.27. The van der Waals surface area contributed by atoms with Crippen LogP contribution in [0, 0.1) is 0 Å². The second kappa shape index (κ2) is 10.4. The molecule has 3 amide bonds. The number of carbonyl (C=O) groups excluding carboxylic acids is 4. The molecule has 0 bridgehead atoms. The van der Waals surface area contributed by atoms with Crippen molar-refractivity contribution in [3.8, 4) is 0 Å². The molecular formula is C24H20ClN3O4. The van der Waals surface area contributed by atoms with E-state index in [0.717, 1.165) is 5.56 Å². The molecule has 0 aliphatic carbocycles. The normalized spacial score (nSPS) is 10.2. The number of hydrogen-bond donors (Lipinski definition) is 3. The van der Waals surface area contributed by atoms with E-state index < -0.39 is 11.7 Å². The lowest BCUT2D eigenvalue weighted by atomic mass is 10.1. The van der Waals surface area contributed by atoms with E-state index >= 15 is 0 Å². The van der Waals surface area contributed by atoms with E-state index in [9.17, 15) is 19.2 Å². The van der Waals surface area contributed by atoms with Crippen molar-refractivity contribution in [1.29, 1.82) is 0 Å². The summed E-state index contributed by atoms with van der Waals surface area (Å²) in [5.74, 6) is -2.43. The molecule has 0 unspecified atom stereocenters. The molecule has 0 heterocycles. The van der Waals surface area contributed by atoms with Crippen molar-refractivity contribution in [3.63, 3.8) is 0 Å². The predicted octanol–water partition coefficient (Wildman–Crippen LogP) is 4.05. The number of para-hydroxylation sites is 1. The summed E-state index contributed by atoms with van der Waals surface area (Å²) in [6, 6.07) is 19.6. The maximum Gasteiger partial charge on any atom is 0.296 e. The lowest BCUT2D eigenvalue weighted by molar-refractivity contribution is -0.114. The molecule has 0 atom stereocenters. The molecule has 0 aromatic heterocycles. The Kier molecular flexibility index (Phi) is 7.36. The first kappa shape index (κ1) is 22.7. The summed E-state index contributed by atoms with van der Waals surface area (Å²) >= 11 is 6.10. The Labute approximate surface area is 189 Å². The van der Waals surface area contributed by atoms with Crippen molar-refractivity contribution in [1.82, 2.24) is 5.32 Å². The fraction of sp³-hybridized carbons (Fsp3) is 0.0833. The quantitative estimate of drug-likeness (QED) is 0.374. The molecule has 162 valence electrons. The van der Waals surface area contributed by atoms with Crippen molar-refractivity contribution in [2.24, 2.45) is 0 Å². The molecule has 8 heteroatoms. The van der Waals surface area contributed by atoms with E-state index in [1.165, 1.54) is 25.1 Å². The molecule has 3 rings (SSSR count). The third-order valence-corrected chi connectivity index (χ3v) is 4.84. The Morgan fingerprint density at radius 1 is 0.844 bits per heavy atom. The third kappa shape index (κ3) is 5.80. The Hall–Kier alpha value is -3.97. The number of rotatable bonds is 7. The van der Waals surface area contributed by atoms with Gasteiger partial charge >= 0.3 is 0 Å². The van der Waals surface area contributed by atoms with Crippen LogP contribution < -0.4 is 16.0 Å². The van der Waals surface area contributed by atoms with Crippen LogP contribution in [-0.4, -0.2) is 23.5 Å². The number of anilines is 2. The molecule has 0 spiro atoms. The SMILES string of the molecule is CC(=O)Nc1ccccc1C(=O)C(=O)Nc1cccc(C(=O)NCc2ccccc2Cl)c1. The zero-order valence-electron chi connectivity index (χ0n) is 17.1. The summed E-state index contributed by atoms with van der Waals surface area (Å²) in [6.45, 7) is 1.55. The van der Waals surface area contributed by atoms with Crippen LogP contribution in [0.5, 0.6) is 0 Å². The van der Waals surface area contributed by atoms with E-state index in [2.05, 4.69) is 16.0 Å². The molecule has 0 aliphatic heterocycles. The van der Waals surface area contributed by atoms with Gasteiger partial charge in [0.05, 0.1) is 11.3 Å². The van der Waals surface area contributed by atoms with Crippen LogP contribution in [0.25, 0.3) is 0 Å². The van der Waals surface area contributed by atoms with E-state index in [0.29, 0.717) is 10.6 Å². The lowest BCUT2D eigenvalue weighted by Gasteiger charge is -2.10. The zero-order chi connectivity index (χ0) is 23.1. The molecule has 0 radical (unpaired) electrons. The molecule has 3 N–H and O–H groups in total. The number of halogens is 1. The Bertz CT molecular complexity index is 1190. The van der Waals surface area contributed by atoms with Crippen LogP contribution in [0.15, 0.2) is 72.8 Å². The third-order valence-electron chi connectivity index (χ3n) is 4.47. The fourth-order valence-electron chi connectivity index (χ4n) is 2.95. The average Bonchev–Trinajstić information content (AvgIpc) is 2.78. The molecule has 32 heavy (non-hydrogen) atoms. The summed E-state index contributed by atoms with van der Waals surface area (Å²) in [7, 11) is 0. The highest BCUT2D eigenvalue weighted by Crippen LogP contribution is 2.18. The van der Waals surface area contributed by atoms with Gasteiger partial charge < -0.3 is 16.0 Å². The van der Waals surface area contributed by atoms with Gasteiger partial charge in [0, 0.05) is 29.7 Å². The van der Waals surface area contributed by atoms with E-state index in [-0.39, 0.29) is 35.3 Å². The Morgan fingerprint density at radius 3 is 2.31 bits per heavy atom. The summed E-state index contributed by atoms with van der Waals surface area (Å²) in [6.07, 6.45) is 0.